The molecule has 0 aliphatic carbocycles. The predicted molar refractivity (Wildman–Crippen MR) is 112 cm³/mol. The summed E-state index contributed by atoms with van der Waals surface area (Å²) in [6.07, 6.45) is 5.68. The number of aromatic amines is 1. The molecule has 1 N–H and O–H groups in total. The molecule has 0 bridgehead atoms. The van der Waals surface area contributed by atoms with Crippen LogP contribution in [0.15, 0.2) is 30.5 Å². The normalized spacial score (nSPS) is 25.2. The van der Waals surface area contributed by atoms with Crippen molar-refractivity contribution < 1.29 is 13.2 Å². The second-order valence-corrected chi connectivity index (χ2v) is 9.74. The summed E-state index contributed by atoms with van der Waals surface area (Å²) in [5.74, 6) is 0. The van der Waals surface area contributed by atoms with Gasteiger partial charge in [-0.15, -0.1) is 0 Å². The average Bonchev–Trinajstić information content (AvgIpc) is 3.11. The van der Waals surface area contributed by atoms with Gasteiger partial charge in [-0.1, -0.05) is 31.2 Å². The summed E-state index contributed by atoms with van der Waals surface area (Å²) < 4.78 is 35.0. The van der Waals surface area contributed by atoms with Gasteiger partial charge in [0.2, 0.25) is 0 Å². The van der Waals surface area contributed by atoms with Crippen LogP contribution in [-0.4, -0.2) is 60.4 Å². The lowest BCUT2D eigenvalue weighted by atomic mass is 9.98. The molecular weight excluding hydrogens is 374 g/mol. The van der Waals surface area contributed by atoms with Gasteiger partial charge in [0.15, 0.2) is 0 Å². The Morgan fingerprint density at radius 3 is 2.57 bits per heavy atom. The molecule has 0 saturated carbocycles. The summed E-state index contributed by atoms with van der Waals surface area (Å²) >= 11 is 0. The second kappa shape index (κ2) is 7.63. The third kappa shape index (κ3) is 3.52. The highest BCUT2D eigenvalue weighted by atomic mass is 32.2. The fourth-order valence-corrected chi connectivity index (χ4v) is 6.07. The van der Waals surface area contributed by atoms with E-state index in [-0.39, 0.29) is 12.2 Å². The van der Waals surface area contributed by atoms with E-state index in [1.165, 1.54) is 27.6 Å². The van der Waals surface area contributed by atoms with E-state index in [0.717, 1.165) is 12.8 Å². The molecule has 2 aliphatic heterocycles. The Balaban J connectivity index is 1.55. The first-order valence-corrected chi connectivity index (χ1v) is 11.5. The largest absolute Gasteiger partial charge is 0.373 e. The molecule has 1 aromatic carbocycles. The van der Waals surface area contributed by atoms with Crippen LogP contribution in [0.4, 0.5) is 0 Å². The SMILES string of the molecule is CCc1cccc2c(C3=CCN(S(=O)(=O)N4C[C@@H](C)O[C@H](C)C4)CC3)c[nH]c12. The molecule has 1 fully saturated rings. The van der Waals surface area contributed by atoms with Crippen molar-refractivity contribution in [2.45, 2.75) is 45.8 Å². The minimum absolute atomic E-state index is 0.0756. The van der Waals surface area contributed by atoms with Crippen molar-refractivity contribution in [1.29, 1.82) is 0 Å². The molecule has 2 aromatic rings. The lowest BCUT2D eigenvalue weighted by Gasteiger charge is -2.38. The Hall–Kier alpha value is -1.67. The Labute approximate surface area is 167 Å². The van der Waals surface area contributed by atoms with Crippen LogP contribution in [0.5, 0.6) is 0 Å². The summed E-state index contributed by atoms with van der Waals surface area (Å²) in [6.45, 7) is 7.77. The number of aryl methyl sites for hydroxylation is 1. The third-order valence-corrected chi connectivity index (χ3v) is 7.67. The number of nitrogens with one attached hydrogen (secondary N) is 1. The van der Waals surface area contributed by atoms with Crippen LogP contribution in [-0.2, 0) is 21.4 Å². The van der Waals surface area contributed by atoms with E-state index >= 15 is 0 Å². The van der Waals surface area contributed by atoms with Crippen molar-refractivity contribution in [3.8, 4) is 0 Å². The number of fused-ring (bicyclic) bond motifs is 1. The zero-order valence-corrected chi connectivity index (χ0v) is 17.6. The van der Waals surface area contributed by atoms with Crippen LogP contribution in [0.2, 0.25) is 0 Å². The summed E-state index contributed by atoms with van der Waals surface area (Å²) in [6, 6.07) is 6.39. The van der Waals surface area contributed by atoms with E-state index in [1.807, 2.05) is 13.8 Å². The molecule has 0 unspecified atom stereocenters. The van der Waals surface area contributed by atoms with Crippen LogP contribution >= 0.6 is 0 Å². The number of ether oxygens (including phenoxy) is 1. The molecule has 1 saturated heterocycles. The van der Waals surface area contributed by atoms with Gasteiger partial charge in [-0.05, 0) is 37.8 Å². The first kappa shape index (κ1) is 19.6. The molecule has 4 rings (SSSR count). The highest BCUT2D eigenvalue weighted by Crippen LogP contribution is 2.32. The van der Waals surface area contributed by atoms with E-state index < -0.39 is 10.2 Å². The monoisotopic (exact) mass is 403 g/mol. The second-order valence-electron chi connectivity index (χ2n) is 7.82. The molecule has 3 heterocycles. The Kier molecular flexibility index (Phi) is 5.35. The van der Waals surface area contributed by atoms with Crippen molar-refractivity contribution >= 4 is 26.7 Å². The van der Waals surface area contributed by atoms with Crippen LogP contribution in [0.1, 0.15) is 38.3 Å². The maximum Gasteiger partial charge on any atom is 0.282 e. The topological polar surface area (TPSA) is 65.6 Å². The van der Waals surface area contributed by atoms with Crippen molar-refractivity contribution in [2.24, 2.45) is 0 Å². The highest BCUT2D eigenvalue weighted by Gasteiger charge is 2.35. The number of nitrogens with zero attached hydrogens (tertiary/aromatic N) is 2. The highest BCUT2D eigenvalue weighted by molar-refractivity contribution is 7.86. The number of hydrogen-bond donors (Lipinski definition) is 1. The molecule has 1 aromatic heterocycles. The number of hydrogen-bond acceptors (Lipinski definition) is 3. The molecule has 152 valence electrons. The molecule has 6 nitrogen and oxygen atoms in total. The maximum atomic E-state index is 13.1. The number of morpholine rings is 1. The van der Waals surface area contributed by atoms with E-state index in [9.17, 15) is 8.42 Å². The summed E-state index contributed by atoms with van der Waals surface area (Å²) in [4.78, 5) is 3.41. The zero-order chi connectivity index (χ0) is 19.9. The number of rotatable bonds is 4. The van der Waals surface area contributed by atoms with Gasteiger partial charge < -0.3 is 9.72 Å². The van der Waals surface area contributed by atoms with Gasteiger partial charge in [0.1, 0.15) is 0 Å². The number of aromatic nitrogens is 1. The minimum Gasteiger partial charge on any atom is -0.373 e. The fourth-order valence-electron chi connectivity index (χ4n) is 4.36. The van der Waals surface area contributed by atoms with Gasteiger partial charge >= 0.3 is 0 Å². The molecule has 0 amide bonds. The lowest BCUT2D eigenvalue weighted by molar-refractivity contribution is -0.0454. The maximum absolute atomic E-state index is 13.1. The van der Waals surface area contributed by atoms with Crippen LogP contribution in [0.3, 0.4) is 0 Å². The van der Waals surface area contributed by atoms with Crippen LogP contribution in [0.25, 0.3) is 16.5 Å². The van der Waals surface area contributed by atoms with E-state index in [0.29, 0.717) is 26.2 Å². The summed E-state index contributed by atoms with van der Waals surface area (Å²) in [7, 11) is -3.46. The lowest BCUT2D eigenvalue weighted by Crippen LogP contribution is -2.53. The first-order valence-electron chi connectivity index (χ1n) is 10.1. The molecule has 2 atom stereocenters. The Morgan fingerprint density at radius 1 is 1.18 bits per heavy atom. The zero-order valence-electron chi connectivity index (χ0n) is 16.8. The van der Waals surface area contributed by atoms with Gasteiger partial charge in [0.05, 0.1) is 12.2 Å². The Morgan fingerprint density at radius 2 is 1.93 bits per heavy atom. The average molecular weight is 404 g/mol. The van der Waals surface area contributed by atoms with Gasteiger partial charge in [-0.2, -0.15) is 17.0 Å². The summed E-state index contributed by atoms with van der Waals surface area (Å²) in [5, 5.41) is 1.22. The van der Waals surface area contributed by atoms with Crippen molar-refractivity contribution in [3.05, 3.63) is 41.6 Å². The molecule has 28 heavy (non-hydrogen) atoms. The van der Waals surface area contributed by atoms with Gasteiger partial charge in [-0.25, -0.2) is 0 Å². The van der Waals surface area contributed by atoms with E-state index in [2.05, 4.69) is 42.4 Å². The van der Waals surface area contributed by atoms with Crippen LogP contribution < -0.4 is 0 Å². The standard InChI is InChI=1S/C21H29N3O3S/c1-4-17-6-5-7-19-20(12-22-21(17)19)18-8-10-23(11-9-18)28(25,26)24-13-15(2)27-16(3)14-24/h5-8,12,15-16,22H,4,9-11,13-14H2,1-3H3/t15-,16-/m1/s1. The van der Waals surface area contributed by atoms with Crippen molar-refractivity contribution in [1.82, 2.24) is 13.6 Å². The van der Waals surface area contributed by atoms with E-state index in [1.54, 1.807) is 8.61 Å². The van der Waals surface area contributed by atoms with Gasteiger partial charge in [-0.3, -0.25) is 0 Å². The van der Waals surface area contributed by atoms with Crippen LogP contribution in [0, 0.1) is 0 Å². The van der Waals surface area contributed by atoms with E-state index in [4.69, 9.17) is 4.74 Å². The van der Waals surface area contributed by atoms with Crippen molar-refractivity contribution in [3.63, 3.8) is 0 Å². The molecule has 0 spiro atoms. The minimum atomic E-state index is -3.46. The number of para-hydroxylation sites is 1. The van der Waals surface area contributed by atoms with Gasteiger partial charge in [0, 0.05) is 48.8 Å². The predicted octanol–water partition coefficient (Wildman–Crippen LogP) is 3.17. The van der Waals surface area contributed by atoms with Gasteiger partial charge in [0.25, 0.3) is 10.2 Å². The molecule has 7 heteroatoms. The fraction of sp³-hybridized carbons (Fsp3) is 0.524. The Bertz CT molecular complexity index is 985. The number of benzene rings is 1. The first-order chi connectivity index (χ1) is 13.4. The summed E-state index contributed by atoms with van der Waals surface area (Å²) in [5.41, 5.74) is 4.90. The quantitative estimate of drug-likeness (QED) is 0.853. The van der Waals surface area contributed by atoms with Crippen molar-refractivity contribution in [2.75, 3.05) is 26.2 Å². The molecule has 0 radical (unpaired) electrons. The third-order valence-electron chi connectivity index (χ3n) is 5.74. The molecule has 2 aliphatic rings. The smallest absolute Gasteiger partial charge is 0.282 e. The molecular formula is C21H29N3O3S. The number of H-pyrrole nitrogens is 1.